The molecule has 0 amide bonds. The monoisotopic (exact) mass is 333 g/mol. The molecule has 1 aromatic carbocycles. The molecule has 90 valence electrons. The molecule has 1 N–H and O–H groups in total. The minimum Gasteiger partial charge on any atom is -0.452 e. The van der Waals surface area contributed by atoms with Gasteiger partial charge in [-0.3, -0.25) is 0 Å². The molecule has 0 aliphatic heterocycles. The molecule has 0 saturated heterocycles. The molecule has 1 unspecified atom stereocenters. The van der Waals surface area contributed by atoms with Gasteiger partial charge in [-0.25, -0.2) is 0 Å². The second-order valence-electron chi connectivity index (χ2n) is 3.53. The van der Waals surface area contributed by atoms with E-state index < -0.39 is 0 Å². The normalized spacial score (nSPS) is 12.7. The molecule has 0 fully saturated rings. The molecule has 17 heavy (non-hydrogen) atoms. The van der Waals surface area contributed by atoms with E-state index in [1.54, 1.807) is 12.1 Å². The maximum atomic E-state index is 6.17. The minimum atomic E-state index is -0.118. The maximum absolute atomic E-state index is 6.17. The quantitative estimate of drug-likeness (QED) is 0.883. The van der Waals surface area contributed by atoms with Crippen LogP contribution >= 0.6 is 39.1 Å². The smallest absolute Gasteiger partial charge is 0.169 e. The average molecular weight is 335 g/mol. The van der Waals surface area contributed by atoms with Gasteiger partial charge in [-0.2, -0.15) is 0 Å². The summed E-state index contributed by atoms with van der Waals surface area (Å²) in [7, 11) is 1.85. The van der Waals surface area contributed by atoms with Crippen molar-refractivity contribution in [1.82, 2.24) is 5.32 Å². The highest BCUT2D eigenvalue weighted by Gasteiger charge is 2.18. The summed E-state index contributed by atoms with van der Waals surface area (Å²) in [5, 5.41) is 4.46. The lowest BCUT2D eigenvalue weighted by atomic mass is 10.0. The molecule has 1 atom stereocenters. The number of furan rings is 1. The number of benzene rings is 1. The number of nitrogens with one attached hydrogen (secondary N) is 1. The molecule has 0 saturated carbocycles. The van der Waals surface area contributed by atoms with E-state index in [-0.39, 0.29) is 6.04 Å². The van der Waals surface area contributed by atoms with Crippen LogP contribution in [0, 0.1) is 0 Å². The van der Waals surface area contributed by atoms with Crippen LogP contribution in [0.1, 0.15) is 17.4 Å². The van der Waals surface area contributed by atoms with Gasteiger partial charge in [-0.05, 0) is 58.9 Å². The number of halogens is 3. The Hall–Kier alpha value is -0.480. The van der Waals surface area contributed by atoms with Crippen LogP contribution in [-0.4, -0.2) is 7.05 Å². The van der Waals surface area contributed by atoms with Gasteiger partial charge < -0.3 is 9.73 Å². The van der Waals surface area contributed by atoms with Crippen LogP contribution in [0.15, 0.2) is 39.4 Å². The summed E-state index contributed by atoms with van der Waals surface area (Å²) in [6.45, 7) is 0. The molecule has 0 aliphatic rings. The van der Waals surface area contributed by atoms with Gasteiger partial charge in [-0.15, -0.1) is 0 Å². The third kappa shape index (κ3) is 2.86. The summed E-state index contributed by atoms with van der Waals surface area (Å²) in [4.78, 5) is 0. The molecular weight excluding hydrogens is 325 g/mol. The predicted octanol–water partition coefficient (Wildman–Crippen LogP) is 4.66. The molecular formula is C12H10BrCl2NO. The molecule has 2 nitrogen and oxygen atoms in total. The Kier molecular flexibility index (Phi) is 4.15. The Morgan fingerprint density at radius 3 is 2.59 bits per heavy atom. The first-order valence-electron chi connectivity index (χ1n) is 4.99. The van der Waals surface area contributed by atoms with Gasteiger partial charge in [0.2, 0.25) is 0 Å². The first-order chi connectivity index (χ1) is 8.11. The summed E-state index contributed by atoms with van der Waals surface area (Å²) in [5.41, 5.74) is 0.892. The van der Waals surface area contributed by atoms with E-state index in [4.69, 9.17) is 27.6 Å². The van der Waals surface area contributed by atoms with E-state index >= 15 is 0 Å². The van der Waals surface area contributed by atoms with E-state index in [1.165, 1.54) is 0 Å². The highest BCUT2D eigenvalue weighted by molar-refractivity contribution is 9.10. The van der Waals surface area contributed by atoms with E-state index in [9.17, 15) is 0 Å². The van der Waals surface area contributed by atoms with E-state index in [1.807, 2.05) is 25.2 Å². The number of hydrogen-bond acceptors (Lipinski definition) is 2. The van der Waals surface area contributed by atoms with Crippen LogP contribution in [0.25, 0.3) is 0 Å². The summed E-state index contributed by atoms with van der Waals surface area (Å²) >= 11 is 15.4. The first kappa shape index (κ1) is 13.0. The Morgan fingerprint density at radius 1 is 1.24 bits per heavy atom. The number of rotatable bonds is 3. The van der Waals surface area contributed by atoms with E-state index in [0.29, 0.717) is 14.7 Å². The van der Waals surface area contributed by atoms with Crippen LogP contribution < -0.4 is 5.32 Å². The van der Waals surface area contributed by atoms with Crippen molar-refractivity contribution in [2.24, 2.45) is 0 Å². The summed E-state index contributed by atoms with van der Waals surface area (Å²) in [5.74, 6) is 0.781. The predicted molar refractivity (Wildman–Crippen MR) is 73.8 cm³/mol. The van der Waals surface area contributed by atoms with Crippen molar-refractivity contribution in [2.45, 2.75) is 6.04 Å². The van der Waals surface area contributed by atoms with Crippen molar-refractivity contribution in [1.29, 1.82) is 0 Å². The van der Waals surface area contributed by atoms with Crippen LogP contribution in [0.3, 0.4) is 0 Å². The number of hydrogen-bond donors (Lipinski definition) is 1. The summed E-state index contributed by atoms with van der Waals surface area (Å²) < 4.78 is 6.22. The topological polar surface area (TPSA) is 25.2 Å². The van der Waals surface area contributed by atoms with Crippen LogP contribution in [0.4, 0.5) is 0 Å². The Balaban J connectivity index is 2.45. The molecule has 5 heteroatoms. The van der Waals surface area contributed by atoms with Crippen molar-refractivity contribution in [2.75, 3.05) is 7.05 Å². The second-order valence-corrected chi connectivity index (χ2v) is 5.15. The fourth-order valence-electron chi connectivity index (χ4n) is 1.67. The SMILES string of the molecule is CNC(c1ccc(Br)o1)c1cc(Cl)ccc1Cl. The lowest BCUT2D eigenvalue weighted by molar-refractivity contribution is 0.447. The zero-order chi connectivity index (χ0) is 12.4. The molecule has 1 heterocycles. The third-order valence-corrected chi connectivity index (χ3v) is 3.44. The molecule has 2 rings (SSSR count). The highest BCUT2D eigenvalue weighted by Crippen LogP contribution is 2.32. The van der Waals surface area contributed by atoms with Crippen LogP contribution in [0.2, 0.25) is 10.0 Å². The van der Waals surface area contributed by atoms with Crippen molar-refractivity contribution in [3.05, 3.63) is 56.4 Å². The lowest BCUT2D eigenvalue weighted by Crippen LogP contribution is -2.17. The van der Waals surface area contributed by atoms with Gasteiger partial charge in [0.15, 0.2) is 4.67 Å². The molecule has 0 spiro atoms. The van der Waals surface area contributed by atoms with Gasteiger partial charge in [0.05, 0.1) is 6.04 Å². The van der Waals surface area contributed by atoms with E-state index in [0.717, 1.165) is 11.3 Å². The maximum Gasteiger partial charge on any atom is 0.169 e. The zero-order valence-corrected chi connectivity index (χ0v) is 12.1. The van der Waals surface area contributed by atoms with Gasteiger partial charge in [0, 0.05) is 10.0 Å². The van der Waals surface area contributed by atoms with E-state index in [2.05, 4.69) is 21.2 Å². The van der Waals surface area contributed by atoms with Gasteiger partial charge in [0.25, 0.3) is 0 Å². The standard InChI is InChI=1S/C12H10BrCl2NO/c1-16-12(10-4-5-11(13)17-10)8-6-7(14)2-3-9(8)15/h2-6,12,16H,1H3. The van der Waals surface area contributed by atoms with Gasteiger partial charge in [-0.1, -0.05) is 23.2 Å². The van der Waals surface area contributed by atoms with Crippen molar-refractivity contribution >= 4 is 39.1 Å². The highest BCUT2D eigenvalue weighted by atomic mass is 79.9. The molecule has 0 radical (unpaired) electrons. The summed E-state index contributed by atoms with van der Waals surface area (Å²) in [6, 6.07) is 8.99. The fourth-order valence-corrected chi connectivity index (χ4v) is 2.40. The molecule has 0 aliphatic carbocycles. The van der Waals surface area contributed by atoms with Gasteiger partial charge in [0.1, 0.15) is 5.76 Å². The average Bonchev–Trinajstić information content (AvgIpc) is 2.71. The fraction of sp³-hybridized carbons (Fsp3) is 0.167. The van der Waals surface area contributed by atoms with Crippen molar-refractivity contribution < 1.29 is 4.42 Å². The third-order valence-electron chi connectivity index (χ3n) is 2.44. The van der Waals surface area contributed by atoms with Crippen LogP contribution in [0.5, 0.6) is 0 Å². The minimum absolute atomic E-state index is 0.118. The molecule has 1 aromatic heterocycles. The lowest BCUT2D eigenvalue weighted by Gasteiger charge is -2.15. The zero-order valence-electron chi connectivity index (χ0n) is 9.01. The second kappa shape index (κ2) is 5.44. The van der Waals surface area contributed by atoms with Crippen molar-refractivity contribution in [3.8, 4) is 0 Å². The Morgan fingerprint density at radius 2 is 2.00 bits per heavy atom. The Bertz CT molecular complexity index is 527. The van der Waals surface area contributed by atoms with Crippen LogP contribution in [-0.2, 0) is 0 Å². The molecule has 2 aromatic rings. The largest absolute Gasteiger partial charge is 0.452 e. The Labute approximate surface area is 118 Å². The first-order valence-corrected chi connectivity index (χ1v) is 6.54. The van der Waals surface area contributed by atoms with Gasteiger partial charge >= 0.3 is 0 Å². The summed E-state index contributed by atoms with van der Waals surface area (Å²) in [6.07, 6.45) is 0. The van der Waals surface area contributed by atoms with Crippen molar-refractivity contribution in [3.63, 3.8) is 0 Å². The molecule has 0 bridgehead atoms.